The van der Waals surface area contributed by atoms with Gasteiger partial charge in [0.2, 0.25) is 0 Å². The summed E-state index contributed by atoms with van der Waals surface area (Å²) in [5.74, 6) is -0.219. The fraction of sp³-hybridized carbons (Fsp3) is 0.0400. The SMILES string of the molecule is O=C(N/N=C\c1ccc(-c2ccc(Br)cc2[N+](=O)[O-])o1)C(O)(c1ccccc1)c1ccccc1. The van der Waals surface area contributed by atoms with Crippen molar-refractivity contribution in [2.24, 2.45) is 5.10 Å². The van der Waals surface area contributed by atoms with Crippen LogP contribution in [-0.2, 0) is 10.4 Å². The van der Waals surface area contributed by atoms with E-state index in [-0.39, 0.29) is 17.2 Å². The molecule has 1 heterocycles. The Morgan fingerprint density at radius 3 is 2.21 bits per heavy atom. The molecule has 0 fully saturated rings. The highest BCUT2D eigenvalue weighted by molar-refractivity contribution is 9.10. The molecule has 0 aliphatic heterocycles. The third-order valence-corrected chi connectivity index (χ3v) is 5.61. The molecule has 0 bridgehead atoms. The molecule has 0 atom stereocenters. The molecule has 1 aromatic heterocycles. The zero-order chi connectivity index (χ0) is 24.1. The van der Waals surface area contributed by atoms with Crippen LogP contribution < -0.4 is 5.43 Å². The van der Waals surface area contributed by atoms with E-state index in [0.29, 0.717) is 21.2 Å². The maximum absolute atomic E-state index is 13.0. The number of benzene rings is 3. The van der Waals surface area contributed by atoms with Crippen LogP contribution in [0.1, 0.15) is 16.9 Å². The van der Waals surface area contributed by atoms with Crippen LogP contribution in [0.25, 0.3) is 11.3 Å². The number of hydrogen-bond donors (Lipinski definition) is 2. The van der Waals surface area contributed by atoms with Crippen LogP contribution in [-0.4, -0.2) is 22.2 Å². The third-order valence-electron chi connectivity index (χ3n) is 5.12. The van der Waals surface area contributed by atoms with Gasteiger partial charge in [0.05, 0.1) is 16.7 Å². The van der Waals surface area contributed by atoms with E-state index >= 15 is 0 Å². The van der Waals surface area contributed by atoms with E-state index in [9.17, 15) is 20.0 Å². The standard InChI is InChI=1S/C25H18BrN3O5/c26-19-11-13-21(22(15-19)29(32)33)23-14-12-20(34-23)16-27-28-24(30)25(31,17-7-3-1-4-8-17)18-9-5-2-6-10-18/h1-16,31H,(H,28,30)/b27-16-. The molecule has 9 heteroatoms. The van der Waals surface area contributed by atoms with Gasteiger partial charge in [0.15, 0.2) is 5.60 Å². The molecule has 4 rings (SSSR count). The minimum absolute atomic E-state index is 0.115. The lowest BCUT2D eigenvalue weighted by atomic mass is 9.85. The van der Waals surface area contributed by atoms with E-state index in [1.165, 1.54) is 12.3 Å². The van der Waals surface area contributed by atoms with Crippen LogP contribution in [0.4, 0.5) is 5.69 Å². The number of aliphatic hydroxyl groups is 1. The molecule has 0 aliphatic rings. The van der Waals surface area contributed by atoms with Gasteiger partial charge in [0.25, 0.3) is 11.6 Å². The van der Waals surface area contributed by atoms with Gasteiger partial charge < -0.3 is 9.52 Å². The van der Waals surface area contributed by atoms with E-state index in [1.807, 2.05) is 0 Å². The predicted molar refractivity (Wildman–Crippen MR) is 130 cm³/mol. The maximum Gasteiger partial charge on any atom is 0.281 e. The van der Waals surface area contributed by atoms with Crippen LogP contribution in [0.15, 0.2) is 105 Å². The minimum Gasteiger partial charge on any atom is -0.455 e. The largest absolute Gasteiger partial charge is 0.455 e. The summed E-state index contributed by atoms with van der Waals surface area (Å²) in [4.78, 5) is 23.9. The average molecular weight is 520 g/mol. The van der Waals surface area contributed by atoms with Gasteiger partial charge in [-0.2, -0.15) is 5.10 Å². The van der Waals surface area contributed by atoms with E-state index in [2.05, 4.69) is 26.5 Å². The van der Waals surface area contributed by atoms with Gasteiger partial charge in [0.1, 0.15) is 11.5 Å². The summed E-state index contributed by atoms with van der Waals surface area (Å²) in [6.45, 7) is 0. The van der Waals surface area contributed by atoms with Gasteiger partial charge in [-0.1, -0.05) is 76.6 Å². The Hall–Kier alpha value is -4.08. The number of carbonyl (C=O) groups excluding carboxylic acids is 1. The van der Waals surface area contributed by atoms with Gasteiger partial charge in [-0.25, -0.2) is 5.43 Å². The van der Waals surface area contributed by atoms with Crippen LogP contribution >= 0.6 is 15.9 Å². The number of nitrogens with one attached hydrogen (secondary N) is 1. The van der Waals surface area contributed by atoms with Gasteiger partial charge >= 0.3 is 0 Å². The van der Waals surface area contributed by atoms with Crippen LogP contribution in [0, 0.1) is 10.1 Å². The molecule has 0 unspecified atom stereocenters. The van der Waals surface area contributed by atoms with Crippen molar-refractivity contribution < 1.29 is 19.2 Å². The zero-order valence-corrected chi connectivity index (χ0v) is 19.2. The highest BCUT2D eigenvalue weighted by Crippen LogP contribution is 2.33. The topological polar surface area (TPSA) is 118 Å². The van der Waals surface area contributed by atoms with Crippen LogP contribution in [0.2, 0.25) is 0 Å². The van der Waals surface area contributed by atoms with Crippen molar-refractivity contribution in [3.05, 3.63) is 122 Å². The van der Waals surface area contributed by atoms with Crippen molar-refractivity contribution in [2.45, 2.75) is 5.60 Å². The number of amides is 1. The molecule has 0 saturated carbocycles. The molecule has 0 aliphatic carbocycles. The summed E-state index contributed by atoms with van der Waals surface area (Å²) in [6, 6.07) is 24.9. The Labute approximate surface area is 202 Å². The predicted octanol–water partition coefficient (Wildman–Crippen LogP) is 5.00. The zero-order valence-electron chi connectivity index (χ0n) is 17.6. The number of hydrazone groups is 1. The number of nitro benzene ring substituents is 1. The molecule has 0 saturated heterocycles. The monoisotopic (exact) mass is 519 g/mol. The summed E-state index contributed by atoms with van der Waals surface area (Å²) in [7, 11) is 0. The summed E-state index contributed by atoms with van der Waals surface area (Å²) >= 11 is 3.22. The van der Waals surface area contributed by atoms with Crippen molar-refractivity contribution in [3.8, 4) is 11.3 Å². The van der Waals surface area contributed by atoms with Crippen molar-refractivity contribution >= 4 is 33.7 Å². The molecule has 34 heavy (non-hydrogen) atoms. The van der Waals surface area contributed by atoms with Crippen LogP contribution in [0.3, 0.4) is 0 Å². The second-order valence-corrected chi connectivity index (χ2v) is 8.18. The van der Waals surface area contributed by atoms with Gasteiger partial charge in [-0.15, -0.1) is 0 Å². The summed E-state index contributed by atoms with van der Waals surface area (Å²) < 4.78 is 6.23. The highest BCUT2D eigenvalue weighted by atomic mass is 79.9. The van der Waals surface area contributed by atoms with Crippen molar-refractivity contribution in [3.63, 3.8) is 0 Å². The number of rotatable bonds is 7. The number of nitrogens with zero attached hydrogens (tertiary/aromatic N) is 2. The number of carbonyl (C=O) groups is 1. The van der Waals surface area contributed by atoms with Gasteiger partial charge in [-0.3, -0.25) is 14.9 Å². The first-order valence-corrected chi connectivity index (χ1v) is 10.9. The lowest BCUT2D eigenvalue weighted by molar-refractivity contribution is -0.384. The first-order valence-electron chi connectivity index (χ1n) is 10.1. The number of furan rings is 1. The molecule has 3 aromatic carbocycles. The molecule has 2 N–H and O–H groups in total. The lowest BCUT2D eigenvalue weighted by Gasteiger charge is -2.26. The quantitative estimate of drug-likeness (QED) is 0.202. The summed E-state index contributed by atoms with van der Waals surface area (Å²) in [5, 5.41) is 26.7. The van der Waals surface area contributed by atoms with Crippen LogP contribution in [0.5, 0.6) is 0 Å². The molecule has 8 nitrogen and oxygen atoms in total. The fourth-order valence-corrected chi connectivity index (χ4v) is 3.80. The van der Waals surface area contributed by atoms with Crippen molar-refractivity contribution in [1.82, 2.24) is 5.43 Å². The molecule has 1 amide bonds. The molecular formula is C25H18BrN3O5. The van der Waals surface area contributed by atoms with E-state index in [1.54, 1.807) is 84.9 Å². The maximum atomic E-state index is 13.0. The van der Waals surface area contributed by atoms with E-state index in [4.69, 9.17) is 4.42 Å². The molecule has 0 radical (unpaired) electrons. The van der Waals surface area contributed by atoms with Gasteiger partial charge in [-0.05, 0) is 35.4 Å². The molecule has 170 valence electrons. The number of nitro groups is 1. The van der Waals surface area contributed by atoms with E-state index < -0.39 is 16.4 Å². The second kappa shape index (κ2) is 9.82. The molecular weight excluding hydrogens is 502 g/mol. The normalized spacial score (nSPS) is 11.5. The Morgan fingerprint density at radius 2 is 1.62 bits per heavy atom. The fourth-order valence-electron chi connectivity index (χ4n) is 3.45. The minimum atomic E-state index is -1.97. The van der Waals surface area contributed by atoms with Crippen molar-refractivity contribution in [1.29, 1.82) is 0 Å². The number of halogens is 1. The Morgan fingerprint density at radius 1 is 1.00 bits per heavy atom. The van der Waals surface area contributed by atoms with Crippen molar-refractivity contribution in [2.75, 3.05) is 0 Å². The smallest absolute Gasteiger partial charge is 0.281 e. The number of hydrogen-bond acceptors (Lipinski definition) is 6. The Balaban J connectivity index is 1.56. The molecule has 0 spiro atoms. The summed E-state index contributed by atoms with van der Waals surface area (Å²) in [6.07, 6.45) is 1.25. The first-order chi connectivity index (χ1) is 16.4. The second-order valence-electron chi connectivity index (χ2n) is 7.26. The summed E-state index contributed by atoms with van der Waals surface area (Å²) in [5.41, 5.74) is 1.36. The lowest BCUT2D eigenvalue weighted by Crippen LogP contribution is -2.43. The Kier molecular flexibility index (Phi) is 6.67. The molecule has 4 aromatic rings. The Bertz CT molecular complexity index is 1310. The van der Waals surface area contributed by atoms with Gasteiger partial charge in [0, 0.05) is 10.5 Å². The first kappa shape index (κ1) is 23.1. The third kappa shape index (κ3) is 4.66. The highest BCUT2D eigenvalue weighted by Gasteiger charge is 2.39. The average Bonchev–Trinajstić information content (AvgIpc) is 3.33. The van der Waals surface area contributed by atoms with E-state index in [0.717, 1.165) is 0 Å².